The van der Waals surface area contributed by atoms with Gasteiger partial charge in [-0.2, -0.15) is 0 Å². The van der Waals surface area contributed by atoms with Crippen LogP contribution in [0, 0.1) is 0 Å². The van der Waals surface area contributed by atoms with Crippen LogP contribution in [-0.2, 0) is 23.8 Å². The summed E-state index contributed by atoms with van der Waals surface area (Å²) in [7, 11) is -0.644. The molecule has 0 spiro atoms. The van der Waals surface area contributed by atoms with Crippen molar-refractivity contribution in [2.45, 2.75) is 49.2 Å². The third-order valence-corrected chi connectivity index (χ3v) is 7.16. The van der Waals surface area contributed by atoms with Gasteiger partial charge in [0.2, 0.25) is 0 Å². The Labute approximate surface area is 152 Å². The Kier molecular flexibility index (Phi) is 5.02. The van der Waals surface area contributed by atoms with Crippen molar-refractivity contribution in [2.75, 3.05) is 0 Å². The van der Waals surface area contributed by atoms with E-state index in [9.17, 15) is 4.21 Å². The van der Waals surface area contributed by atoms with E-state index in [0.717, 1.165) is 31.4 Å². The molecule has 3 heteroatoms. The van der Waals surface area contributed by atoms with Crippen LogP contribution in [0.5, 0.6) is 5.75 Å². The summed E-state index contributed by atoms with van der Waals surface area (Å²) >= 11 is 0. The van der Waals surface area contributed by atoms with E-state index in [-0.39, 0.29) is 0 Å². The highest BCUT2D eigenvalue weighted by Crippen LogP contribution is 2.34. The number of ether oxygens (including phenoxy) is 1. The number of benzene rings is 2. The van der Waals surface area contributed by atoms with Crippen LogP contribution in [0.15, 0.2) is 66.2 Å². The minimum absolute atomic E-state index is 0.292. The lowest BCUT2D eigenvalue weighted by Gasteiger charge is -2.32. The van der Waals surface area contributed by atoms with Crippen molar-refractivity contribution in [1.29, 1.82) is 0 Å². The summed E-state index contributed by atoms with van der Waals surface area (Å²) in [6.07, 6.45) is 7.69. The van der Waals surface area contributed by atoms with Gasteiger partial charge in [0, 0.05) is 16.0 Å². The lowest BCUT2D eigenvalue weighted by Crippen LogP contribution is -2.34. The maximum atomic E-state index is 12.3. The van der Waals surface area contributed by atoms with Gasteiger partial charge < -0.3 is 4.74 Å². The van der Waals surface area contributed by atoms with E-state index in [1.165, 1.54) is 23.1 Å². The summed E-state index contributed by atoms with van der Waals surface area (Å²) in [6.45, 7) is 0.593. The summed E-state index contributed by atoms with van der Waals surface area (Å²) in [6, 6.07) is 18.6. The van der Waals surface area contributed by atoms with Crippen molar-refractivity contribution >= 4 is 10.8 Å². The fourth-order valence-electron chi connectivity index (χ4n) is 3.86. The molecule has 3 atom stereocenters. The molecule has 2 aliphatic rings. The van der Waals surface area contributed by atoms with Crippen LogP contribution in [0.3, 0.4) is 0 Å². The number of fused-ring (bicyclic) bond motifs is 2. The second-order valence-corrected chi connectivity index (χ2v) is 8.98. The molecule has 2 aliphatic heterocycles. The molecule has 2 aromatic rings. The molecule has 0 radical (unpaired) electrons. The molecule has 4 rings (SSSR count). The van der Waals surface area contributed by atoms with Crippen LogP contribution in [0.1, 0.15) is 36.8 Å². The highest BCUT2D eigenvalue weighted by molar-refractivity contribution is 7.86. The van der Waals surface area contributed by atoms with Crippen molar-refractivity contribution in [3.05, 3.63) is 77.4 Å². The third kappa shape index (κ3) is 4.04. The van der Waals surface area contributed by atoms with Gasteiger partial charge in [-0.25, -0.2) is 0 Å². The molecule has 130 valence electrons. The van der Waals surface area contributed by atoms with Gasteiger partial charge in [0.25, 0.3) is 0 Å². The van der Waals surface area contributed by atoms with E-state index in [1.54, 1.807) is 0 Å². The molecule has 25 heavy (non-hydrogen) atoms. The predicted octanol–water partition coefficient (Wildman–Crippen LogP) is 4.81. The van der Waals surface area contributed by atoms with E-state index in [1.807, 2.05) is 24.3 Å². The Morgan fingerprint density at radius 1 is 1.00 bits per heavy atom. The zero-order chi connectivity index (χ0) is 17.1. The molecule has 1 fully saturated rings. The summed E-state index contributed by atoms with van der Waals surface area (Å²) in [4.78, 5) is 0. The Morgan fingerprint density at radius 2 is 1.84 bits per heavy atom. The summed E-state index contributed by atoms with van der Waals surface area (Å²) < 4.78 is 18.3. The molecule has 2 bridgehead atoms. The number of hydrogen-bond acceptors (Lipinski definition) is 2. The van der Waals surface area contributed by atoms with Gasteiger partial charge in [-0.05, 0) is 48.9 Å². The molecule has 1 saturated heterocycles. The van der Waals surface area contributed by atoms with Gasteiger partial charge in [0.15, 0.2) is 0 Å². The van der Waals surface area contributed by atoms with Gasteiger partial charge in [-0.15, -0.1) is 0 Å². The predicted molar refractivity (Wildman–Crippen MR) is 103 cm³/mol. The first kappa shape index (κ1) is 16.6. The fraction of sp³-hybridized carbons (Fsp3) is 0.364. The maximum Gasteiger partial charge on any atom is 0.120 e. The lowest BCUT2D eigenvalue weighted by atomic mass is 9.94. The molecular formula is C22H24O2S. The quantitative estimate of drug-likeness (QED) is 0.722. The van der Waals surface area contributed by atoms with Crippen molar-refractivity contribution in [2.24, 2.45) is 0 Å². The molecule has 0 aliphatic carbocycles. The number of hydrogen-bond donors (Lipinski definition) is 0. The number of allylic oxidation sites excluding steroid dienone is 1. The minimum atomic E-state index is -0.644. The Balaban J connectivity index is 1.42. The SMILES string of the molecule is O=S1C2C=C(Cc3cccc(OCc4ccccc4)c3)CC1CCC2. The van der Waals surface area contributed by atoms with Crippen LogP contribution in [0.25, 0.3) is 0 Å². The molecule has 0 N–H and O–H groups in total. The first-order chi connectivity index (χ1) is 12.3. The highest BCUT2D eigenvalue weighted by atomic mass is 32.2. The largest absolute Gasteiger partial charge is 0.489 e. The second kappa shape index (κ2) is 7.57. The van der Waals surface area contributed by atoms with Gasteiger partial charge in [0.05, 0.1) is 5.25 Å². The normalized spacial score (nSPS) is 25.3. The van der Waals surface area contributed by atoms with Crippen LogP contribution in [0.4, 0.5) is 0 Å². The zero-order valence-electron chi connectivity index (χ0n) is 14.4. The average molecular weight is 352 g/mol. The van der Waals surface area contributed by atoms with E-state index >= 15 is 0 Å². The van der Waals surface area contributed by atoms with E-state index in [4.69, 9.17) is 4.74 Å². The molecule has 2 heterocycles. The van der Waals surface area contributed by atoms with Gasteiger partial charge in [-0.3, -0.25) is 4.21 Å². The molecule has 3 unspecified atom stereocenters. The van der Waals surface area contributed by atoms with Gasteiger partial charge >= 0.3 is 0 Å². The monoisotopic (exact) mass is 352 g/mol. The van der Waals surface area contributed by atoms with Crippen LogP contribution in [-0.4, -0.2) is 14.7 Å². The van der Waals surface area contributed by atoms with Crippen LogP contribution in [0.2, 0.25) is 0 Å². The molecule has 0 amide bonds. The fourth-order valence-corrected chi connectivity index (χ4v) is 5.86. The van der Waals surface area contributed by atoms with E-state index < -0.39 is 10.8 Å². The van der Waals surface area contributed by atoms with Crippen molar-refractivity contribution in [3.63, 3.8) is 0 Å². The topological polar surface area (TPSA) is 26.3 Å². The minimum Gasteiger partial charge on any atom is -0.489 e. The third-order valence-electron chi connectivity index (χ3n) is 5.13. The maximum absolute atomic E-state index is 12.3. The molecule has 2 nitrogen and oxygen atoms in total. The van der Waals surface area contributed by atoms with Crippen molar-refractivity contribution in [1.82, 2.24) is 0 Å². The summed E-state index contributed by atoms with van der Waals surface area (Å²) in [5, 5.41) is 0.677. The molecular weight excluding hydrogens is 328 g/mol. The highest BCUT2D eigenvalue weighted by Gasteiger charge is 2.32. The zero-order valence-corrected chi connectivity index (χ0v) is 15.2. The smallest absolute Gasteiger partial charge is 0.120 e. The van der Waals surface area contributed by atoms with Crippen LogP contribution >= 0.6 is 0 Å². The summed E-state index contributed by atoms with van der Waals surface area (Å²) in [5.74, 6) is 0.918. The Morgan fingerprint density at radius 3 is 2.68 bits per heavy atom. The number of rotatable bonds is 5. The Hall–Kier alpha value is -1.87. The molecule has 2 aromatic carbocycles. The molecule has 0 saturated carbocycles. The average Bonchev–Trinajstić information content (AvgIpc) is 2.62. The van der Waals surface area contributed by atoms with Crippen molar-refractivity contribution < 1.29 is 8.95 Å². The van der Waals surface area contributed by atoms with E-state index in [2.05, 4.69) is 36.4 Å². The first-order valence-corrected chi connectivity index (χ1v) is 10.4. The van der Waals surface area contributed by atoms with Crippen LogP contribution < -0.4 is 4.74 Å². The van der Waals surface area contributed by atoms with E-state index in [0.29, 0.717) is 17.1 Å². The standard InChI is InChI=1S/C22H24O2S/c23-25-21-10-5-11-22(25)15-19(14-21)12-18-8-4-9-20(13-18)24-16-17-6-2-1-3-7-17/h1-4,6-9,13-14,21-22H,5,10-12,15-16H2. The van der Waals surface area contributed by atoms with Gasteiger partial charge in [-0.1, -0.05) is 60.5 Å². The molecule has 0 aromatic heterocycles. The van der Waals surface area contributed by atoms with Crippen molar-refractivity contribution in [3.8, 4) is 5.75 Å². The Bertz CT molecular complexity index is 782. The lowest BCUT2D eigenvalue weighted by molar-refractivity contribution is 0.306. The van der Waals surface area contributed by atoms with Gasteiger partial charge in [0.1, 0.15) is 12.4 Å². The summed E-state index contributed by atoms with van der Waals surface area (Å²) in [5.41, 5.74) is 3.91. The first-order valence-electron chi connectivity index (χ1n) is 9.12. The second-order valence-electron chi connectivity index (χ2n) is 7.05.